The Bertz CT molecular complexity index is 819. The molecular formula is C14H13F3N4O3S. The van der Waals surface area contributed by atoms with Gasteiger partial charge in [0.05, 0.1) is 10.2 Å². The van der Waals surface area contributed by atoms with Crippen LogP contribution in [0, 0.1) is 5.92 Å². The highest BCUT2D eigenvalue weighted by molar-refractivity contribution is 7.22. The Hall–Kier alpha value is -2.40. The van der Waals surface area contributed by atoms with Gasteiger partial charge in [0, 0.05) is 12.0 Å². The lowest BCUT2D eigenvalue weighted by Crippen LogP contribution is -2.50. The number of hydrogen-bond donors (Lipinski definition) is 3. The molecule has 1 aromatic carbocycles. The molecule has 1 saturated carbocycles. The van der Waals surface area contributed by atoms with E-state index in [1.807, 2.05) is 0 Å². The average molecular weight is 374 g/mol. The smallest absolute Gasteiger partial charge is 0.406 e. The summed E-state index contributed by atoms with van der Waals surface area (Å²) in [6, 6.07) is 3.64. The molecule has 0 radical (unpaired) electrons. The lowest BCUT2D eigenvalue weighted by Gasteiger charge is -2.12. The molecular weight excluding hydrogens is 361 g/mol. The molecule has 0 saturated heterocycles. The molecule has 4 N–H and O–H groups in total. The van der Waals surface area contributed by atoms with Crippen LogP contribution in [0.4, 0.5) is 18.3 Å². The zero-order chi connectivity index (χ0) is 18.2. The third-order valence-electron chi connectivity index (χ3n) is 3.35. The topological polar surface area (TPSA) is 106 Å². The fourth-order valence-corrected chi connectivity index (χ4v) is 2.92. The first-order valence-electron chi connectivity index (χ1n) is 7.24. The van der Waals surface area contributed by atoms with Crippen molar-refractivity contribution in [3.63, 3.8) is 0 Å². The van der Waals surface area contributed by atoms with Crippen LogP contribution >= 0.6 is 11.3 Å². The largest absolute Gasteiger partial charge is 0.573 e. The van der Waals surface area contributed by atoms with E-state index in [-0.39, 0.29) is 22.7 Å². The molecule has 25 heavy (non-hydrogen) atoms. The maximum absolute atomic E-state index is 12.2. The summed E-state index contributed by atoms with van der Waals surface area (Å²) in [5, 5.41) is 4.97. The van der Waals surface area contributed by atoms with Crippen LogP contribution in [0.5, 0.6) is 5.75 Å². The van der Waals surface area contributed by atoms with Crippen molar-refractivity contribution in [2.45, 2.75) is 25.4 Å². The van der Waals surface area contributed by atoms with E-state index in [2.05, 4.69) is 20.4 Å². The van der Waals surface area contributed by atoms with Crippen molar-refractivity contribution in [3.05, 3.63) is 18.2 Å². The summed E-state index contributed by atoms with van der Waals surface area (Å²) in [4.78, 5) is 27.6. The van der Waals surface area contributed by atoms with Crippen molar-refractivity contribution in [2.24, 2.45) is 11.7 Å². The second-order valence-electron chi connectivity index (χ2n) is 5.45. The minimum absolute atomic E-state index is 0.0895. The first-order chi connectivity index (χ1) is 11.7. The Morgan fingerprint density at radius 2 is 2.08 bits per heavy atom. The zero-order valence-electron chi connectivity index (χ0n) is 12.6. The number of aromatic nitrogens is 1. The van der Waals surface area contributed by atoms with E-state index in [4.69, 9.17) is 5.73 Å². The summed E-state index contributed by atoms with van der Waals surface area (Å²) in [5.41, 5.74) is 6.00. The standard InChI is InChI=1S/C14H13F3N4O3S/c15-14(16,17)24-7-3-4-8-9(5-7)25-13(19-8)21-12(23)10(18)20-11(22)6-1-2-6/h3-6,10H,1-2,18H2,(H,20,22)(H,19,21,23). The Balaban J connectivity index is 1.66. The number of ether oxygens (including phenoxy) is 1. The maximum Gasteiger partial charge on any atom is 0.573 e. The number of benzene rings is 1. The van der Waals surface area contributed by atoms with Crippen LogP contribution in [0.1, 0.15) is 12.8 Å². The molecule has 134 valence electrons. The number of rotatable bonds is 5. The SMILES string of the molecule is NC(NC(=O)C1CC1)C(=O)Nc1nc2ccc(OC(F)(F)F)cc2s1. The molecule has 11 heteroatoms. The van der Waals surface area contributed by atoms with Gasteiger partial charge in [0.1, 0.15) is 5.75 Å². The predicted molar refractivity (Wildman–Crippen MR) is 83.8 cm³/mol. The van der Waals surface area contributed by atoms with Gasteiger partial charge in [-0.2, -0.15) is 0 Å². The minimum atomic E-state index is -4.79. The van der Waals surface area contributed by atoms with Crippen LogP contribution in [-0.2, 0) is 9.59 Å². The summed E-state index contributed by atoms with van der Waals surface area (Å²) in [6.07, 6.45) is -4.47. The Labute approximate surface area is 143 Å². The summed E-state index contributed by atoms with van der Waals surface area (Å²) < 4.78 is 40.9. The fourth-order valence-electron chi connectivity index (χ4n) is 2.02. The highest BCUT2D eigenvalue weighted by Crippen LogP contribution is 2.32. The molecule has 2 amide bonds. The van der Waals surface area contributed by atoms with Gasteiger partial charge in [-0.25, -0.2) is 4.98 Å². The van der Waals surface area contributed by atoms with E-state index in [0.717, 1.165) is 30.2 Å². The van der Waals surface area contributed by atoms with Gasteiger partial charge < -0.3 is 15.8 Å². The number of nitrogens with zero attached hydrogens (tertiary/aromatic N) is 1. The molecule has 1 unspecified atom stereocenters. The summed E-state index contributed by atoms with van der Waals surface area (Å²) in [6.45, 7) is 0. The van der Waals surface area contributed by atoms with Gasteiger partial charge in [-0.05, 0) is 25.0 Å². The molecule has 1 aliphatic carbocycles. The Morgan fingerprint density at radius 1 is 1.36 bits per heavy atom. The monoisotopic (exact) mass is 374 g/mol. The molecule has 2 aromatic rings. The van der Waals surface area contributed by atoms with Crippen molar-refractivity contribution >= 4 is 38.5 Å². The predicted octanol–water partition coefficient (Wildman–Crippen LogP) is 1.94. The summed E-state index contributed by atoms with van der Waals surface area (Å²) >= 11 is 0.962. The number of fused-ring (bicyclic) bond motifs is 1. The van der Waals surface area contributed by atoms with Crippen LogP contribution < -0.4 is 21.1 Å². The van der Waals surface area contributed by atoms with E-state index in [1.165, 1.54) is 12.1 Å². The van der Waals surface area contributed by atoms with E-state index < -0.39 is 18.4 Å². The molecule has 0 spiro atoms. The molecule has 0 aliphatic heterocycles. The quantitative estimate of drug-likeness (QED) is 0.694. The first kappa shape index (κ1) is 17.4. The van der Waals surface area contributed by atoms with Crippen LogP contribution in [0.25, 0.3) is 10.2 Å². The van der Waals surface area contributed by atoms with Crippen molar-refractivity contribution < 1.29 is 27.5 Å². The second kappa shape index (κ2) is 6.48. The second-order valence-corrected chi connectivity index (χ2v) is 6.48. The number of nitrogens with two attached hydrogens (primary N) is 1. The number of amides is 2. The Morgan fingerprint density at radius 3 is 2.72 bits per heavy atom. The van der Waals surface area contributed by atoms with Gasteiger partial charge in [-0.1, -0.05) is 11.3 Å². The molecule has 0 bridgehead atoms. The van der Waals surface area contributed by atoms with E-state index >= 15 is 0 Å². The molecule has 1 fully saturated rings. The molecule has 1 heterocycles. The molecule has 1 aromatic heterocycles. The van der Waals surface area contributed by atoms with Crippen molar-refractivity contribution in [2.75, 3.05) is 5.32 Å². The third-order valence-corrected chi connectivity index (χ3v) is 4.29. The zero-order valence-corrected chi connectivity index (χ0v) is 13.4. The average Bonchev–Trinajstić information content (AvgIpc) is 3.27. The normalized spacial score (nSPS) is 15.7. The van der Waals surface area contributed by atoms with Gasteiger partial charge in [0.15, 0.2) is 11.3 Å². The van der Waals surface area contributed by atoms with Crippen molar-refractivity contribution in [1.82, 2.24) is 10.3 Å². The summed E-state index contributed by atoms with van der Waals surface area (Å²) in [7, 11) is 0. The molecule has 3 rings (SSSR count). The van der Waals surface area contributed by atoms with Crippen LogP contribution in [0.15, 0.2) is 18.2 Å². The van der Waals surface area contributed by atoms with Gasteiger partial charge in [-0.15, -0.1) is 13.2 Å². The van der Waals surface area contributed by atoms with Gasteiger partial charge >= 0.3 is 6.36 Å². The molecule has 1 aliphatic rings. The van der Waals surface area contributed by atoms with Gasteiger partial charge in [-0.3, -0.25) is 14.9 Å². The lowest BCUT2D eigenvalue weighted by molar-refractivity contribution is -0.274. The number of nitrogens with one attached hydrogen (secondary N) is 2. The van der Waals surface area contributed by atoms with E-state index in [9.17, 15) is 22.8 Å². The lowest BCUT2D eigenvalue weighted by atomic mass is 10.3. The number of halogens is 3. The number of carbonyl (C=O) groups is 2. The number of alkyl halides is 3. The number of anilines is 1. The Kier molecular flexibility index (Phi) is 4.52. The van der Waals surface area contributed by atoms with Crippen LogP contribution in [-0.4, -0.2) is 29.3 Å². The van der Waals surface area contributed by atoms with Gasteiger partial charge in [0.25, 0.3) is 5.91 Å². The number of hydrogen-bond acceptors (Lipinski definition) is 6. The minimum Gasteiger partial charge on any atom is -0.406 e. The third kappa shape index (κ3) is 4.57. The van der Waals surface area contributed by atoms with Crippen molar-refractivity contribution in [1.29, 1.82) is 0 Å². The van der Waals surface area contributed by atoms with E-state index in [1.54, 1.807) is 0 Å². The number of thiazole rings is 1. The van der Waals surface area contributed by atoms with Crippen molar-refractivity contribution in [3.8, 4) is 5.75 Å². The maximum atomic E-state index is 12.2. The molecule has 1 atom stereocenters. The van der Waals surface area contributed by atoms with Crippen LogP contribution in [0.2, 0.25) is 0 Å². The van der Waals surface area contributed by atoms with Gasteiger partial charge in [0.2, 0.25) is 5.91 Å². The van der Waals surface area contributed by atoms with Crippen LogP contribution in [0.3, 0.4) is 0 Å². The highest BCUT2D eigenvalue weighted by Gasteiger charge is 2.32. The fraction of sp³-hybridized carbons (Fsp3) is 0.357. The number of carbonyl (C=O) groups excluding carboxylic acids is 2. The highest BCUT2D eigenvalue weighted by atomic mass is 32.1. The summed E-state index contributed by atoms with van der Waals surface area (Å²) in [5.74, 6) is -1.41. The van der Waals surface area contributed by atoms with E-state index in [0.29, 0.717) is 10.2 Å². The first-order valence-corrected chi connectivity index (χ1v) is 8.06. The molecule has 7 nitrogen and oxygen atoms in total.